The SMILES string of the molecule is COCc1nc(CCNC(=O)c2cc(-c3ccc(OC)cc3)n(C)c2C)no1. The third-order valence-electron chi connectivity index (χ3n) is 4.58. The van der Waals surface area contributed by atoms with Gasteiger partial charge in [0.05, 0.1) is 12.7 Å². The van der Waals surface area contributed by atoms with E-state index in [1.54, 1.807) is 14.2 Å². The normalized spacial score (nSPS) is 10.9. The van der Waals surface area contributed by atoms with Gasteiger partial charge in [0.25, 0.3) is 11.8 Å². The number of ether oxygens (including phenoxy) is 2. The van der Waals surface area contributed by atoms with Crippen molar-refractivity contribution in [1.82, 2.24) is 20.0 Å². The van der Waals surface area contributed by atoms with E-state index in [9.17, 15) is 4.79 Å². The van der Waals surface area contributed by atoms with Gasteiger partial charge in [0.1, 0.15) is 12.4 Å². The number of amides is 1. The molecular weight excluding hydrogens is 360 g/mol. The quantitative estimate of drug-likeness (QED) is 0.642. The molecule has 0 saturated heterocycles. The maximum absolute atomic E-state index is 12.6. The molecule has 0 spiro atoms. The topological polar surface area (TPSA) is 91.4 Å². The minimum Gasteiger partial charge on any atom is -0.497 e. The van der Waals surface area contributed by atoms with E-state index in [1.165, 1.54) is 0 Å². The minimum atomic E-state index is -0.131. The summed E-state index contributed by atoms with van der Waals surface area (Å²) >= 11 is 0. The summed E-state index contributed by atoms with van der Waals surface area (Å²) in [5.41, 5.74) is 3.52. The molecule has 0 aliphatic carbocycles. The Labute approximate surface area is 163 Å². The Morgan fingerprint density at radius 1 is 1.25 bits per heavy atom. The summed E-state index contributed by atoms with van der Waals surface area (Å²) in [6.45, 7) is 2.62. The molecule has 0 aliphatic heterocycles. The maximum atomic E-state index is 12.6. The molecule has 1 amide bonds. The van der Waals surface area contributed by atoms with Crippen molar-refractivity contribution in [2.24, 2.45) is 7.05 Å². The first kappa shape index (κ1) is 19.6. The van der Waals surface area contributed by atoms with Crippen LogP contribution < -0.4 is 10.1 Å². The van der Waals surface area contributed by atoms with Gasteiger partial charge < -0.3 is 23.9 Å². The first-order valence-corrected chi connectivity index (χ1v) is 8.92. The first-order chi connectivity index (χ1) is 13.5. The van der Waals surface area contributed by atoms with Crippen LogP contribution in [0, 0.1) is 6.92 Å². The Morgan fingerprint density at radius 3 is 2.68 bits per heavy atom. The van der Waals surface area contributed by atoms with E-state index in [1.807, 2.05) is 48.9 Å². The predicted octanol–water partition coefficient (Wildman–Crippen LogP) is 2.51. The third kappa shape index (κ3) is 4.23. The van der Waals surface area contributed by atoms with Gasteiger partial charge in [-0.3, -0.25) is 4.79 Å². The highest BCUT2D eigenvalue weighted by Gasteiger charge is 2.17. The molecule has 3 aromatic rings. The molecule has 0 fully saturated rings. The number of hydrogen-bond acceptors (Lipinski definition) is 6. The predicted molar refractivity (Wildman–Crippen MR) is 103 cm³/mol. The average Bonchev–Trinajstić information content (AvgIpc) is 3.27. The van der Waals surface area contributed by atoms with Gasteiger partial charge in [0.2, 0.25) is 0 Å². The van der Waals surface area contributed by atoms with E-state index in [-0.39, 0.29) is 12.5 Å². The lowest BCUT2D eigenvalue weighted by Gasteiger charge is -2.06. The second-order valence-corrected chi connectivity index (χ2v) is 6.36. The van der Waals surface area contributed by atoms with Crippen LogP contribution in [-0.4, -0.2) is 41.4 Å². The Bertz CT molecular complexity index is 944. The summed E-state index contributed by atoms with van der Waals surface area (Å²) in [6, 6.07) is 9.66. The smallest absolute Gasteiger partial charge is 0.253 e. The lowest BCUT2D eigenvalue weighted by Crippen LogP contribution is -2.26. The number of nitrogens with zero attached hydrogens (tertiary/aromatic N) is 3. The number of benzene rings is 1. The van der Waals surface area contributed by atoms with Gasteiger partial charge in [-0.25, -0.2) is 0 Å². The van der Waals surface area contributed by atoms with Crippen molar-refractivity contribution in [1.29, 1.82) is 0 Å². The van der Waals surface area contributed by atoms with E-state index in [2.05, 4.69) is 15.5 Å². The maximum Gasteiger partial charge on any atom is 0.253 e. The Hall–Kier alpha value is -3.13. The van der Waals surface area contributed by atoms with E-state index < -0.39 is 0 Å². The van der Waals surface area contributed by atoms with Gasteiger partial charge in [-0.1, -0.05) is 5.16 Å². The number of rotatable bonds is 8. The summed E-state index contributed by atoms with van der Waals surface area (Å²) < 4.78 is 17.2. The van der Waals surface area contributed by atoms with Crippen LogP contribution in [0.5, 0.6) is 5.75 Å². The summed E-state index contributed by atoms with van der Waals surface area (Å²) in [7, 11) is 5.14. The van der Waals surface area contributed by atoms with Crippen molar-refractivity contribution >= 4 is 5.91 Å². The van der Waals surface area contributed by atoms with Crippen molar-refractivity contribution in [3.63, 3.8) is 0 Å². The van der Waals surface area contributed by atoms with Crippen molar-refractivity contribution in [3.8, 4) is 17.0 Å². The molecule has 28 heavy (non-hydrogen) atoms. The Balaban J connectivity index is 1.66. The van der Waals surface area contributed by atoms with Crippen LogP contribution in [0.25, 0.3) is 11.3 Å². The highest BCUT2D eigenvalue weighted by atomic mass is 16.5. The van der Waals surface area contributed by atoms with Crippen molar-refractivity contribution in [2.75, 3.05) is 20.8 Å². The van der Waals surface area contributed by atoms with Gasteiger partial charge in [-0.05, 0) is 42.8 Å². The molecule has 8 heteroatoms. The zero-order chi connectivity index (χ0) is 20.1. The lowest BCUT2D eigenvalue weighted by molar-refractivity contribution is 0.0953. The fourth-order valence-electron chi connectivity index (χ4n) is 2.92. The second kappa shape index (κ2) is 8.71. The lowest BCUT2D eigenvalue weighted by atomic mass is 10.1. The van der Waals surface area contributed by atoms with Crippen molar-refractivity contribution in [3.05, 3.63) is 53.3 Å². The molecule has 0 atom stereocenters. The summed E-state index contributed by atoms with van der Waals surface area (Å²) in [4.78, 5) is 16.8. The Kier molecular flexibility index (Phi) is 6.10. The first-order valence-electron chi connectivity index (χ1n) is 8.92. The highest BCUT2D eigenvalue weighted by molar-refractivity contribution is 5.97. The van der Waals surface area contributed by atoms with E-state index >= 15 is 0 Å². The number of aromatic nitrogens is 3. The number of carbonyl (C=O) groups excluding carboxylic acids is 1. The molecule has 148 valence electrons. The average molecular weight is 384 g/mol. The van der Waals surface area contributed by atoms with Crippen LogP contribution in [-0.2, 0) is 24.8 Å². The molecule has 8 nitrogen and oxygen atoms in total. The van der Waals surface area contributed by atoms with Crippen LogP contribution in [0.2, 0.25) is 0 Å². The molecule has 2 heterocycles. The van der Waals surface area contributed by atoms with Gasteiger partial charge in [-0.15, -0.1) is 0 Å². The standard InChI is InChI=1S/C20H24N4O4/c1-13-16(11-17(24(13)2)14-5-7-15(27-4)8-6-14)20(25)21-10-9-18-22-19(12-26-3)28-23-18/h5-8,11H,9-10,12H2,1-4H3,(H,21,25). The molecular formula is C20H24N4O4. The zero-order valence-corrected chi connectivity index (χ0v) is 16.5. The fourth-order valence-corrected chi connectivity index (χ4v) is 2.92. The van der Waals surface area contributed by atoms with Gasteiger partial charge in [0.15, 0.2) is 5.82 Å². The largest absolute Gasteiger partial charge is 0.497 e. The van der Waals surface area contributed by atoms with E-state index in [0.717, 1.165) is 22.7 Å². The molecule has 0 radical (unpaired) electrons. The zero-order valence-electron chi connectivity index (χ0n) is 16.5. The molecule has 2 aromatic heterocycles. The molecule has 1 N–H and O–H groups in total. The fraction of sp³-hybridized carbons (Fsp3) is 0.350. The van der Waals surface area contributed by atoms with Crippen LogP contribution in [0.3, 0.4) is 0 Å². The third-order valence-corrected chi connectivity index (χ3v) is 4.58. The monoisotopic (exact) mass is 384 g/mol. The van der Waals surface area contributed by atoms with Crippen molar-refractivity contribution in [2.45, 2.75) is 20.0 Å². The molecule has 0 bridgehead atoms. The number of methoxy groups -OCH3 is 2. The molecule has 3 rings (SSSR count). The molecule has 0 aliphatic rings. The number of carbonyl (C=O) groups is 1. The van der Waals surface area contributed by atoms with E-state index in [4.69, 9.17) is 14.0 Å². The number of nitrogens with one attached hydrogen (secondary N) is 1. The van der Waals surface area contributed by atoms with E-state index in [0.29, 0.717) is 30.2 Å². The molecule has 0 saturated carbocycles. The summed E-state index contributed by atoms with van der Waals surface area (Å²) in [6.07, 6.45) is 0.482. The molecule has 1 aromatic carbocycles. The second-order valence-electron chi connectivity index (χ2n) is 6.36. The van der Waals surface area contributed by atoms with Crippen LogP contribution in [0.4, 0.5) is 0 Å². The van der Waals surface area contributed by atoms with Gasteiger partial charge >= 0.3 is 0 Å². The van der Waals surface area contributed by atoms with Crippen molar-refractivity contribution < 1.29 is 18.8 Å². The van der Waals surface area contributed by atoms with Crippen LogP contribution >= 0.6 is 0 Å². The van der Waals surface area contributed by atoms with Crippen LogP contribution in [0.1, 0.15) is 27.8 Å². The van der Waals surface area contributed by atoms with Gasteiger partial charge in [-0.2, -0.15) is 4.98 Å². The Morgan fingerprint density at radius 2 is 2.00 bits per heavy atom. The molecule has 0 unspecified atom stereocenters. The minimum absolute atomic E-state index is 0.131. The number of hydrogen-bond donors (Lipinski definition) is 1. The summed E-state index contributed by atoms with van der Waals surface area (Å²) in [5.74, 6) is 1.62. The van der Waals surface area contributed by atoms with Gasteiger partial charge in [0, 0.05) is 38.5 Å². The summed E-state index contributed by atoms with van der Waals surface area (Å²) in [5, 5.41) is 6.78. The highest BCUT2D eigenvalue weighted by Crippen LogP contribution is 2.26. The van der Waals surface area contributed by atoms with Crippen LogP contribution in [0.15, 0.2) is 34.9 Å².